The molecule has 1 aromatic rings. The standard InChI is InChI=1S/C14H18F3NO2/c15-14(16,17)20-12-5-3-10(4-6-12)8-13(19)11-2-1-7-18-9-11/h3-6,11,13,18-19H,1-2,7-9H2. The molecule has 2 rings (SSSR count). The summed E-state index contributed by atoms with van der Waals surface area (Å²) in [4.78, 5) is 0. The van der Waals surface area contributed by atoms with Gasteiger partial charge < -0.3 is 15.2 Å². The Morgan fingerprint density at radius 2 is 2.00 bits per heavy atom. The van der Waals surface area contributed by atoms with Gasteiger partial charge >= 0.3 is 6.36 Å². The number of aliphatic hydroxyl groups excluding tert-OH is 1. The molecule has 112 valence electrons. The normalized spacial score (nSPS) is 21.5. The molecule has 1 aliphatic rings. The topological polar surface area (TPSA) is 41.5 Å². The van der Waals surface area contributed by atoms with Crippen LogP contribution in [-0.2, 0) is 6.42 Å². The summed E-state index contributed by atoms with van der Waals surface area (Å²) in [5.74, 6) is -0.0371. The second kappa shape index (κ2) is 6.45. The van der Waals surface area contributed by atoms with Gasteiger partial charge in [0.2, 0.25) is 0 Å². The van der Waals surface area contributed by atoms with Crippen LogP contribution in [0.1, 0.15) is 18.4 Å². The van der Waals surface area contributed by atoms with Gasteiger partial charge in [-0.1, -0.05) is 12.1 Å². The molecule has 0 amide bonds. The fourth-order valence-electron chi connectivity index (χ4n) is 2.44. The minimum absolute atomic E-state index is 0.204. The lowest BCUT2D eigenvalue weighted by atomic mass is 9.90. The number of aliphatic hydroxyl groups is 1. The van der Waals surface area contributed by atoms with E-state index in [1.807, 2.05) is 0 Å². The molecular weight excluding hydrogens is 271 g/mol. The van der Waals surface area contributed by atoms with E-state index in [1.165, 1.54) is 12.1 Å². The Morgan fingerprint density at radius 3 is 2.55 bits per heavy atom. The Hall–Kier alpha value is -1.27. The summed E-state index contributed by atoms with van der Waals surface area (Å²) >= 11 is 0. The smallest absolute Gasteiger partial charge is 0.406 e. The number of halogens is 3. The number of hydrogen-bond donors (Lipinski definition) is 2. The van der Waals surface area contributed by atoms with Crippen molar-refractivity contribution in [1.82, 2.24) is 5.32 Å². The third-order valence-corrected chi connectivity index (χ3v) is 3.48. The summed E-state index contributed by atoms with van der Waals surface area (Å²) in [6, 6.07) is 5.66. The van der Waals surface area contributed by atoms with Gasteiger partial charge in [0.15, 0.2) is 0 Å². The molecule has 20 heavy (non-hydrogen) atoms. The van der Waals surface area contributed by atoms with Crippen LogP contribution in [0.25, 0.3) is 0 Å². The first kappa shape index (κ1) is 15.1. The molecule has 2 N–H and O–H groups in total. The van der Waals surface area contributed by atoms with Gasteiger partial charge in [-0.15, -0.1) is 13.2 Å². The van der Waals surface area contributed by atoms with E-state index in [2.05, 4.69) is 10.1 Å². The van der Waals surface area contributed by atoms with Crippen molar-refractivity contribution in [3.8, 4) is 5.75 Å². The molecule has 3 nitrogen and oxygen atoms in total. The molecule has 2 unspecified atom stereocenters. The van der Waals surface area contributed by atoms with Crippen LogP contribution in [0.5, 0.6) is 5.75 Å². The highest BCUT2D eigenvalue weighted by molar-refractivity contribution is 5.27. The quantitative estimate of drug-likeness (QED) is 0.895. The summed E-state index contributed by atoms with van der Waals surface area (Å²) in [7, 11) is 0. The zero-order chi connectivity index (χ0) is 14.6. The van der Waals surface area contributed by atoms with Crippen molar-refractivity contribution >= 4 is 0 Å². The van der Waals surface area contributed by atoms with Crippen LogP contribution in [0, 0.1) is 5.92 Å². The summed E-state index contributed by atoms with van der Waals surface area (Å²) in [6.45, 7) is 1.77. The number of rotatable bonds is 4. The second-order valence-electron chi connectivity index (χ2n) is 5.07. The number of nitrogens with one attached hydrogen (secondary N) is 1. The van der Waals surface area contributed by atoms with Gasteiger partial charge in [0.05, 0.1) is 6.10 Å². The van der Waals surface area contributed by atoms with Crippen LogP contribution in [0.2, 0.25) is 0 Å². The molecule has 0 aliphatic carbocycles. The molecule has 1 fully saturated rings. The van der Waals surface area contributed by atoms with Crippen molar-refractivity contribution in [2.75, 3.05) is 13.1 Å². The van der Waals surface area contributed by atoms with Gasteiger partial charge in [0.1, 0.15) is 5.75 Å². The van der Waals surface area contributed by atoms with E-state index in [0.29, 0.717) is 6.42 Å². The Morgan fingerprint density at radius 1 is 1.30 bits per heavy atom. The first-order valence-corrected chi connectivity index (χ1v) is 6.67. The lowest BCUT2D eigenvalue weighted by molar-refractivity contribution is -0.274. The van der Waals surface area contributed by atoms with Crippen LogP contribution in [0.15, 0.2) is 24.3 Å². The van der Waals surface area contributed by atoms with Crippen molar-refractivity contribution < 1.29 is 23.0 Å². The van der Waals surface area contributed by atoms with Gasteiger partial charge in [-0.25, -0.2) is 0 Å². The molecule has 0 radical (unpaired) electrons. The van der Waals surface area contributed by atoms with Crippen molar-refractivity contribution in [3.05, 3.63) is 29.8 Å². The van der Waals surface area contributed by atoms with Crippen LogP contribution in [0.4, 0.5) is 13.2 Å². The Balaban J connectivity index is 1.89. The maximum Gasteiger partial charge on any atom is 0.573 e. The molecule has 2 atom stereocenters. The number of benzene rings is 1. The van der Waals surface area contributed by atoms with E-state index in [-0.39, 0.29) is 11.7 Å². The zero-order valence-electron chi connectivity index (χ0n) is 11.0. The van der Waals surface area contributed by atoms with E-state index >= 15 is 0 Å². The summed E-state index contributed by atoms with van der Waals surface area (Å²) in [5, 5.41) is 13.4. The molecule has 1 aromatic carbocycles. The molecule has 1 heterocycles. The van der Waals surface area contributed by atoms with Gasteiger partial charge in [0, 0.05) is 6.54 Å². The van der Waals surface area contributed by atoms with Crippen LogP contribution >= 0.6 is 0 Å². The molecule has 6 heteroatoms. The highest BCUT2D eigenvalue weighted by atomic mass is 19.4. The van der Waals surface area contributed by atoms with E-state index in [4.69, 9.17) is 0 Å². The van der Waals surface area contributed by atoms with Crippen LogP contribution in [0.3, 0.4) is 0 Å². The van der Waals surface area contributed by atoms with Crippen LogP contribution in [-0.4, -0.2) is 30.7 Å². The molecule has 0 saturated carbocycles. The predicted molar refractivity (Wildman–Crippen MR) is 68.4 cm³/mol. The summed E-state index contributed by atoms with van der Waals surface area (Å²) < 4.78 is 39.9. The largest absolute Gasteiger partial charge is 0.573 e. The highest BCUT2D eigenvalue weighted by Gasteiger charge is 2.31. The lowest BCUT2D eigenvalue weighted by Crippen LogP contribution is -2.37. The predicted octanol–water partition coefficient (Wildman–Crippen LogP) is 2.49. The SMILES string of the molecule is OC(Cc1ccc(OC(F)(F)F)cc1)C1CCCNC1. The highest BCUT2D eigenvalue weighted by Crippen LogP contribution is 2.24. The molecule has 0 spiro atoms. The lowest BCUT2D eigenvalue weighted by Gasteiger charge is -2.27. The number of piperidine rings is 1. The third-order valence-electron chi connectivity index (χ3n) is 3.48. The Bertz CT molecular complexity index is 413. The number of ether oxygens (including phenoxy) is 1. The third kappa shape index (κ3) is 4.68. The molecular formula is C14H18F3NO2. The average Bonchev–Trinajstić information content (AvgIpc) is 2.40. The molecule has 0 aromatic heterocycles. The van der Waals surface area contributed by atoms with Crippen molar-refractivity contribution in [2.24, 2.45) is 5.92 Å². The van der Waals surface area contributed by atoms with Gasteiger partial charge in [0.25, 0.3) is 0 Å². The van der Waals surface area contributed by atoms with Gasteiger partial charge in [-0.2, -0.15) is 0 Å². The van der Waals surface area contributed by atoms with Gasteiger partial charge in [-0.05, 0) is 49.4 Å². The van der Waals surface area contributed by atoms with Crippen molar-refractivity contribution in [2.45, 2.75) is 31.7 Å². The van der Waals surface area contributed by atoms with Crippen LogP contribution < -0.4 is 10.1 Å². The maximum atomic E-state index is 12.0. The number of alkyl halides is 3. The minimum Gasteiger partial charge on any atom is -0.406 e. The minimum atomic E-state index is -4.67. The van der Waals surface area contributed by atoms with Crippen molar-refractivity contribution in [3.63, 3.8) is 0 Å². The second-order valence-corrected chi connectivity index (χ2v) is 5.07. The molecule has 1 saturated heterocycles. The first-order chi connectivity index (χ1) is 9.44. The molecule has 0 bridgehead atoms. The fraction of sp³-hybridized carbons (Fsp3) is 0.571. The molecule has 1 aliphatic heterocycles. The van der Waals surface area contributed by atoms with Gasteiger partial charge in [-0.3, -0.25) is 0 Å². The monoisotopic (exact) mass is 289 g/mol. The maximum absolute atomic E-state index is 12.0. The van der Waals surface area contributed by atoms with E-state index in [0.717, 1.165) is 31.5 Å². The van der Waals surface area contributed by atoms with E-state index < -0.39 is 12.5 Å². The number of hydrogen-bond acceptors (Lipinski definition) is 3. The fourth-order valence-corrected chi connectivity index (χ4v) is 2.44. The summed E-state index contributed by atoms with van der Waals surface area (Å²) in [6.07, 6.45) is -2.69. The van der Waals surface area contributed by atoms with E-state index in [9.17, 15) is 18.3 Å². The zero-order valence-corrected chi connectivity index (χ0v) is 11.0. The first-order valence-electron chi connectivity index (χ1n) is 6.67. The van der Waals surface area contributed by atoms with Crippen molar-refractivity contribution in [1.29, 1.82) is 0 Å². The van der Waals surface area contributed by atoms with E-state index in [1.54, 1.807) is 12.1 Å². The summed E-state index contributed by atoms with van der Waals surface area (Å²) in [5.41, 5.74) is 0.803. The Kier molecular flexibility index (Phi) is 4.88. The average molecular weight is 289 g/mol. The Labute approximate surface area is 115 Å².